The molecule has 1 rings (SSSR count). The number of carbonyl (C=O) groups is 2. The largest absolute Gasteiger partial charge is 0.481 e. The zero-order valence-electron chi connectivity index (χ0n) is 10.7. The van der Waals surface area contributed by atoms with E-state index in [-0.39, 0.29) is 5.91 Å². The second kappa shape index (κ2) is 5.76. The van der Waals surface area contributed by atoms with Crippen molar-refractivity contribution in [2.45, 2.75) is 38.4 Å². The van der Waals surface area contributed by atoms with E-state index in [9.17, 15) is 14.7 Å². The third kappa shape index (κ3) is 3.63. The molecule has 1 N–H and O–H groups in total. The fourth-order valence-corrected chi connectivity index (χ4v) is 2.39. The molecule has 0 aromatic heterocycles. The van der Waals surface area contributed by atoms with E-state index in [0.29, 0.717) is 31.2 Å². The predicted molar refractivity (Wildman–Crippen MR) is 69.2 cm³/mol. The third-order valence-corrected chi connectivity index (χ3v) is 4.40. The van der Waals surface area contributed by atoms with Crippen LogP contribution in [0.4, 0.5) is 0 Å². The normalized spacial score (nSPS) is 26.6. The Hall–Kier alpha value is -0.710. The number of carbonyl (C=O) groups excluding carboxylic acids is 1. The van der Waals surface area contributed by atoms with Gasteiger partial charge in [0, 0.05) is 24.8 Å². The summed E-state index contributed by atoms with van der Waals surface area (Å²) in [5.74, 6) is -0.716. The number of likely N-dealkylation sites (tertiary alicyclic amines) is 1. The number of piperidine rings is 1. The van der Waals surface area contributed by atoms with E-state index in [0.717, 1.165) is 6.42 Å². The van der Waals surface area contributed by atoms with Crippen molar-refractivity contribution in [3.63, 3.8) is 0 Å². The summed E-state index contributed by atoms with van der Waals surface area (Å²) in [4.78, 5) is 24.9. The quantitative estimate of drug-likeness (QED) is 0.837. The second-order valence-corrected chi connectivity index (χ2v) is 6.31. The van der Waals surface area contributed by atoms with Crippen LogP contribution < -0.4 is 0 Å². The Labute approximate surface area is 107 Å². The topological polar surface area (TPSA) is 57.6 Å². The first-order valence-electron chi connectivity index (χ1n) is 5.93. The minimum atomic E-state index is -0.798. The number of nitrogens with zero attached hydrogens (tertiary/aromatic N) is 1. The van der Waals surface area contributed by atoms with E-state index in [2.05, 4.69) is 0 Å². The lowest BCUT2D eigenvalue weighted by atomic mass is 9.82. The van der Waals surface area contributed by atoms with Crippen LogP contribution in [0.1, 0.15) is 33.1 Å². The molecule has 0 aromatic rings. The van der Waals surface area contributed by atoms with Crippen LogP contribution in [0, 0.1) is 5.41 Å². The molecule has 17 heavy (non-hydrogen) atoms. The Morgan fingerprint density at radius 3 is 2.71 bits per heavy atom. The van der Waals surface area contributed by atoms with E-state index < -0.39 is 11.4 Å². The number of aliphatic carboxylic acids is 1. The molecule has 98 valence electrons. The summed E-state index contributed by atoms with van der Waals surface area (Å²) in [6.07, 6.45) is 3.92. The van der Waals surface area contributed by atoms with Crippen molar-refractivity contribution in [2.24, 2.45) is 5.41 Å². The minimum Gasteiger partial charge on any atom is -0.481 e. The standard InChI is InChI=1S/C12H21NO3S/c1-9(17-3)7-10(14)13-6-4-5-12(2,8-13)11(15)16/h9H,4-8H2,1-3H3,(H,15,16). The summed E-state index contributed by atoms with van der Waals surface area (Å²) in [5, 5.41) is 9.48. The summed E-state index contributed by atoms with van der Waals surface area (Å²) in [7, 11) is 0. The number of hydrogen-bond acceptors (Lipinski definition) is 3. The molecule has 2 atom stereocenters. The first-order valence-corrected chi connectivity index (χ1v) is 7.22. The Balaban J connectivity index is 2.60. The van der Waals surface area contributed by atoms with Gasteiger partial charge in [0.05, 0.1) is 5.41 Å². The molecule has 5 heteroatoms. The van der Waals surface area contributed by atoms with Gasteiger partial charge in [-0.25, -0.2) is 0 Å². The highest BCUT2D eigenvalue weighted by Gasteiger charge is 2.39. The van der Waals surface area contributed by atoms with Crippen LogP contribution in [0.3, 0.4) is 0 Å². The van der Waals surface area contributed by atoms with Crippen LogP contribution in [0.25, 0.3) is 0 Å². The molecular formula is C12H21NO3S. The molecule has 0 bridgehead atoms. The van der Waals surface area contributed by atoms with Crippen molar-refractivity contribution in [2.75, 3.05) is 19.3 Å². The highest BCUT2D eigenvalue weighted by Crippen LogP contribution is 2.30. The molecule has 0 spiro atoms. The molecule has 0 saturated carbocycles. The number of carboxylic acid groups (broad SMARTS) is 1. The van der Waals surface area contributed by atoms with Gasteiger partial charge in [0.1, 0.15) is 0 Å². The zero-order chi connectivity index (χ0) is 13.1. The van der Waals surface area contributed by atoms with E-state index >= 15 is 0 Å². The van der Waals surface area contributed by atoms with Crippen LogP contribution in [-0.2, 0) is 9.59 Å². The molecule has 1 aliphatic heterocycles. The van der Waals surface area contributed by atoms with Crippen molar-refractivity contribution < 1.29 is 14.7 Å². The maximum absolute atomic E-state index is 12.0. The first-order chi connectivity index (χ1) is 7.89. The highest BCUT2D eigenvalue weighted by molar-refractivity contribution is 7.99. The van der Waals surface area contributed by atoms with Crippen molar-refractivity contribution in [1.82, 2.24) is 4.90 Å². The Bertz CT molecular complexity index is 308. The number of hydrogen-bond donors (Lipinski definition) is 1. The zero-order valence-corrected chi connectivity index (χ0v) is 11.5. The van der Waals surface area contributed by atoms with Crippen molar-refractivity contribution in [1.29, 1.82) is 0 Å². The lowest BCUT2D eigenvalue weighted by Crippen LogP contribution is -2.48. The molecule has 1 saturated heterocycles. The molecule has 0 radical (unpaired) electrons. The van der Waals surface area contributed by atoms with Crippen molar-refractivity contribution >= 4 is 23.6 Å². The molecule has 2 unspecified atom stereocenters. The number of thioether (sulfide) groups is 1. The summed E-state index contributed by atoms with van der Waals surface area (Å²) >= 11 is 1.66. The Kier molecular flexibility index (Phi) is 4.86. The molecular weight excluding hydrogens is 238 g/mol. The van der Waals surface area contributed by atoms with Crippen LogP contribution in [0.2, 0.25) is 0 Å². The maximum atomic E-state index is 12.0. The minimum absolute atomic E-state index is 0.0824. The van der Waals surface area contributed by atoms with Crippen LogP contribution in [0.5, 0.6) is 0 Å². The molecule has 0 aromatic carbocycles. The van der Waals surface area contributed by atoms with Gasteiger partial charge >= 0.3 is 5.97 Å². The third-order valence-electron chi connectivity index (χ3n) is 3.43. The van der Waals surface area contributed by atoms with Gasteiger partial charge in [-0.05, 0) is 26.0 Å². The van der Waals surface area contributed by atoms with E-state index in [1.165, 1.54) is 0 Å². The van der Waals surface area contributed by atoms with E-state index in [1.807, 2.05) is 13.2 Å². The average Bonchev–Trinajstić information content (AvgIpc) is 2.28. The summed E-state index contributed by atoms with van der Waals surface area (Å²) in [6, 6.07) is 0. The summed E-state index contributed by atoms with van der Waals surface area (Å²) in [5.41, 5.74) is -0.767. The summed E-state index contributed by atoms with van der Waals surface area (Å²) < 4.78 is 0. The lowest BCUT2D eigenvalue weighted by Gasteiger charge is -2.37. The Morgan fingerprint density at radius 1 is 1.53 bits per heavy atom. The number of rotatable bonds is 4. The summed E-state index contributed by atoms with van der Waals surface area (Å²) in [6.45, 7) is 4.79. The smallest absolute Gasteiger partial charge is 0.311 e. The molecule has 1 heterocycles. The monoisotopic (exact) mass is 259 g/mol. The Morgan fingerprint density at radius 2 is 2.18 bits per heavy atom. The average molecular weight is 259 g/mol. The molecule has 1 fully saturated rings. The van der Waals surface area contributed by atoms with Gasteiger partial charge in [0.15, 0.2) is 0 Å². The number of carboxylic acids is 1. The van der Waals surface area contributed by atoms with Gasteiger partial charge in [-0.15, -0.1) is 0 Å². The molecule has 1 amide bonds. The first kappa shape index (κ1) is 14.4. The number of amides is 1. The second-order valence-electron chi connectivity index (χ2n) is 5.04. The van der Waals surface area contributed by atoms with Gasteiger partial charge in [-0.2, -0.15) is 11.8 Å². The van der Waals surface area contributed by atoms with Crippen LogP contribution in [0.15, 0.2) is 0 Å². The molecule has 4 nitrogen and oxygen atoms in total. The van der Waals surface area contributed by atoms with Crippen molar-refractivity contribution in [3.05, 3.63) is 0 Å². The highest BCUT2D eigenvalue weighted by atomic mass is 32.2. The van der Waals surface area contributed by atoms with Crippen LogP contribution >= 0.6 is 11.8 Å². The molecule has 0 aliphatic carbocycles. The van der Waals surface area contributed by atoms with Gasteiger partial charge in [-0.1, -0.05) is 6.92 Å². The fraction of sp³-hybridized carbons (Fsp3) is 0.833. The SMILES string of the molecule is CSC(C)CC(=O)N1CCCC(C)(C(=O)O)C1. The molecule has 1 aliphatic rings. The van der Waals surface area contributed by atoms with E-state index in [4.69, 9.17) is 0 Å². The predicted octanol–water partition coefficient (Wildman–Crippen LogP) is 1.84. The lowest BCUT2D eigenvalue weighted by molar-refractivity contribution is -0.153. The van der Waals surface area contributed by atoms with Crippen molar-refractivity contribution in [3.8, 4) is 0 Å². The maximum Gasteiger partial charge on any atom is 0.311 e. The van der Waals surface area contributed by atoms with Crippen LogP contribution in [-0.4, -0.2) is 46.5 Å². The van der Waals surface area contributed by atoms with E-state index in [1.54, 1.807) is 23.6 Å². The fourth-order valence-electron chi connectivity index (χ4n) is 2.09. The van der Waals surface area contributed by atoms with Gasteiger partial charge in [-0.3, -0.25) is 9.59 Å². The van der Waals surface area contributed by atoms with Gasteiger partial charge in [0.2, 0.25) is 5.91 Å². The van der Waals surface area contributed by atoms with Gasteiger partial charge in [0.25, 0.3) is 0 Å². The van der Waals surface area contributed by atoms with Gasteiger partial charge < -0.3 is 10.0 Å².